The highest BCUT2D eigenvalue weighted by Crippen LogP contribution is 2.30. The first-order valence-corrected chi connectivity index (χ1v) is 3.70. The molecule has 1 aromatic rings. The molecule has 0 fully saturated rings. The number of aryl methyl sites for hydroxylation is 1. The molecule has 1 unspecified atom stereocenters. The van der Waals surface area contributed by atoms with Gasteiger partial charge in [-0.2, -0.15) is 0 Å². The van der Waals surface area contributed by atoms with Crippen molar-refractivity contribution in [1.29, 1.82) is 0 Å². The molecule has 58 valence electrons. The van der Waals surface area contributed by atoms with Crippen molar-refractivity contribution in [3.63, 3.8) is 0 Å². The predicted molar refractivity (Wildman–Crippen MR) is 41.5 cm³/mol. The number of para-hydroxylation sites is 1. The summed E-state index contributed by atoms with van der Waals surface area (Å²) in [6.07, 6.45) is -0.0112. The zero-order valence-electron chi connectivity index (χ0n) is 6.37. The van der Waals surface area contributed by atoms with Crippen LogP contribution in [0.2, 0.25) is 0 Å². The summed E-state index contributed by atoms with van der Waals surface area (Å²) in [5, 5.41) is 9.15. The standard InChI is InChI=1S/C9H10O2/c1-6-3-2-4-7-5-8(10)11-9(6)7/h2-4,8,10H,5H2,1H3. The molecule has 0 saturated carbocycles. The van der Waals surface area contributed by atoms with Gasteiger partial charge in [0.1, 0.15) is 5.75 Å². The van der Waals surface area contributed by atoms with E-state index in [0.717, 1.165) is 16.9 Å². The van der Waals surface area contributed by atoms with Crippen LogP contribution in [0.4, 0.5) is 0 Å². The third-order valence-electron chi connectivity index (χ3n) is 1.94. The lowest BCUT2D eigenvalue weighted by Crippen LogP contribution is -2.10. The van der Waals surface area contributed by atoms with Gasteiger partial charge in [0.15, 0.2) is 0 Å². The molecule has 2 heteroatoms. The molecule has 0 bridgehead atoms. The highest BCUT2D eigenvalue weighted by atomic mass is 16.6. The van der Waals surface area contributed by atoms with Crippen molar-refractivity contribution < 1.29 is 9.84 Å². The molecule has 1 aromatic carbocycles. The summed E-state index contributed by atoms with van der Waals surface area (Å²) in [6.45, 7) is 1.98. The molecule has 11 heavy (non-hydrogen) atoms. The first-order valence-electron chi connectivity index (χ1n) is 3.70. The minimum atomic E-state index is -0.633. The maximum Gasteiger partial charge on any atom is 0.201 e. The zero-order chi connectivity index (χ0) is 7.84. The van der Waals surface area contributed by atoms with Crippen molar-refractivity contribution in [1.82, 2.24) is 0 Å². The van der Waals surface area contributed by atoms with Gasteiger partial charge in [-0.3, -0.25) is 0 Å². The van der Waals surface area contributed by atoms with Crippen LogP contribution in [0.5, 0.6) is 5.75 Å². The van der Waals surface area contributed by atoms with Crippen molar-refractivity contribution in [2.75, 3.05) is 0 Å². The number of fused-ring (bicyclic) bond motifs is 1. The Labute approximate surface area is 65.4 Å². The Hall–Kier alpha value is -1.02. The summed E-state index contributed by atoms with van der Waals surface area (Å²) in [5.41, 5.74) is 2.21. The average Bonchev–Trinajstić information content (AvgIpc) is 2.31. The van der Waals surface area contributed by atoms with E-state index in [4.69, 9.17) is 9.84 Å². The normalized spacial score (nSPS) is 21.1. The average molecular weight is 150 g/mol. The Balaban J connectivity index is 2.49. The fourth-order valence-corrected chi connectivity index (χ4v) is 1.41. The molecule has 0 radical (unpaired) electrons. The lowest BCUT2D eigenvalue weighted by molar-refractivity contribution is 0.00175. The van der Waals surface area contributed by atoms with Gasteiger partial charge >= 0.3 is 0 Å². The van der Waals surface area contributed by atoms with E-state index >= 15 is 0 Å². The SMILES string of the molecule is Cc1cccc2c1OC(O)C2. The Morgan fingerprint density at radius 1 is 1.55 bits per heavy atom. The van der Waals surface area contributed by atoms with Crippen molar-refractivity contribution in [2.24, 2.45) is 0 Å². The Morgan fingerprint density at radius 2 is 2.36 bits per heavy atom. The van der Waals surface area contributed by atoms with Crippen LogP contribution in [-0.2, 0) is 6.42 Å². The van der Waals surface area contributed by atoms with Gasteiger partial charge in [0.25, 0.3) is 0 Å². The van der Waals surface area contributed by atoms with Crippen LogP contribution in [0.25, 0.3) is 0 Å². The smallest absolute Gasteiger partial charge is 0.201 e. The van der Waals surface area contributed by atoms with E-state index < -0.39 is 6.29 Å². The van der Waals surface area contributed by atoms with Crippen molar-refractivity contribution in [3.8, 4) is 5.75 Å². The van der Waals surface area contributed by atoms with Gasteiger partial charge in [-0.15, -0.1) is 0 Å². The van der Waals surface area contributed by atoms with Gasteiger partial charge in [0.05, 0.1) is 0 Å². The summed E-state index contributed by atoms with van der Waals surface area (Å²) in [5.74, 6) is 0.861. The van der Waals surface area contributed by atoms with Crippen LogP contribution < -0.4 is 4.74 Å². The summed E-state index contributed by atoms with van der Waals surface area (Å²) >= 11 is 0. The van der Waals surface area contributed by atoms with Gasteiger partial charge < -0.3 is 9.84 Å². The maximum absolute atomic E-state index is 9.15. The molecule has 1 aliphatic heterocycles. The van der Waals surface area contributed by atoms with E-state index in [1.807, 2.05) is 25.1 Å². The highest BCUT2D eigenvalue weighted by molar-refractivity contribution is 5.43. The van der Waals surface area contributed by atoms with E-state index in [1.54, 1.807) is 0 Å². The van der Waals surface area contributed by atoms with Gasteiger partial charge in [-0.1, -0.05) is 18.2 Å². The number of rotatable bonds is 0. The molecule has 2 nitrogen and oxygen atoms in total. The van der Waals surface area contributed by atoms with E-state index in [9.17, 15) is 0 Å². The van der Waals surface area contributed by atoms with E-state index in [0.29, 0.717) is 6.42 Å². The van der Waals surface area contributed by atoms with Gasteiger partial charge in [0.2, 0.25) is 6.29 Å². The lowest BCUT2D eigenvalue weighted by atomic mass is 10.1. The second-order valence-corrected chi connectivity index (χ2v) is 2.84. The first-order chi connectivity index (χ1) is 5.27. The molecule has 1 aliphatic rings. The minimum absolute atomic E-state index is 0.622. The Bertz CT molecular complexity index is 281. The molecule has 2 rings (SSSR count). The van der Waals surface area contributed by atoms with Gasteiger partial charge in [0, 0.05) is 12.0 Å². The molecule has 0 aliphatic carbocycles. The fourth-order valence-electron chi connectivity index (χ4n) is 1.41. The number of benzene rings is 1. The van der Waals surface area contributed by atoms with Gasteiger partial charge in [-0.25, -0.2) is 0 Å². The number of ether oxygens (including phenoxy) is 1. The third-order valence-corrected chi connectivity index (χ3v) is 1.94. The summed E-state index contributed by atoms with van der Waals surface area (Å²) in [7, 11) is 0. The molecule has 1 heterocycles. The highest BCUT2D eigenvalue weighted by Gasteiger charge is 2.20. The van der Waals surface area contributed by atoms with E-state index in [2.05, 4.69) is 0 Å². The largest absolute Gasteiger partial charge is 0.464 e. The molecule has 0 saturated heterocycles. The summed E-state index contributed by atoms with van der Waals surface area (Å²) < 4.78 is 5.19. The predicted octanol–water partition coefficient (Wildman–Crippen LogP) is 1.25. The monoisotopic (exact) mass is 150 g/mol. The van der Waals surface area contributed by atoms with Crippen LogP contribution in [0, 0.1) is 6.92 Å². The molecule has 1 atom stereocenters. The second-order valence-electron chi connectivity index (χ2n) is 2.84. The lowest BCUT2D eigenvalue weighted by Gasteiger charge is -2.03. The van der Waals surface area contributed by atoms with Crippen molar-refractivity contribution in [3.05, 3.63) is 29.3 Å². The Kier molecular flexibility index (Phi) is 1.36. The van der Waals surface area contributed by atoms with Crippen LogP contribution in [0.15, 0.2) is 18.2 Å². The third kappa shape index (κ3) is 0.994. The van der Waals surface area contributed by atoms with E-state index in [1.165, 1.54) is 0 Å². The van der Waals surface area contributed by atoms with Crippen molar-refractivity contribution >= 4 is 0 Å². The molecular weight excluding hydrogens is 140 g/mol. The van der Waals surface area contributed by atoms with Crippen molar-refractivity contribution in [2.45, 2.75) is 19.6 Å². The first kappa shape index (κ1) is 6.68. The molecular formula is C9H10O2. The Morgan fingerprint density at radius 3 is 3.09 bits per heavy atom. The van der Waals surface area contributed by atoms with Crippen LogP contribution >= 0.6 is 0 Å². The quantitative estimate of drug-likeness (QED) is 0.603. The zero-order valence-corrected chi connectivity index (χ0v) is 6.37. The molecule has 0 aromatic heterocycles. The summed E-state index contributed by atoms with van der Waals surface area (Å²) in [4.78, 5) is 0. The minimum Gasteiger partial charge on any atom is -0.464 e. The topological polar surface area (TPSA) is 29.5 Å². The number of aliphatic hydroxyl groups excluding tert-OH is 1. The number of hydrogen-bond donors (Lipinski definition) is 1. The van der Waals surface area contributed by atoms with Crippen LogP contribution in [0.1, 0.15) is 11.1 Å². The van der Waals surface area contributed by atoms with Crippen LogP contribution in [0.3, 0.4) is 0 Å². The molecule has 0 amide bonds. The maximum atomic E-state index is 9.15. The number of hydrogen-bond acceptors (Lipinski definition) is 2. The second kappa shape index (κ2) is 2.24. The fraction of sp³-hybridized carbons (Fsp3) is 0.333. The van der Waals surface area contributed by atoms with E-state index in [-0.39, 0.29) is 0 Å². The molecule has 1 N–H and O–H groups in total. The molecule has 0 spiro atoms. The summed E-state index contributed by atoms with van der Waals surface area (Å²) in [6, 6.07) is 5.95. The number of aliphatic hydroxyl groups is 1. The van der Waals surface area contributed by atoms with Gasteiger partial charge in [-0.05, 0) is 12.5 Å². The van der Waals surface area contributed by atoms with Crippen LogP contribution in [-0.4, -0.2) is 11.4 Å².